The van der Waals surface area contributed by atoms with Gasteiger partial charge in [-0.2, -0.15) is 0 Å². The third kappa shape index (κ3) is 2.39. The van der Waals surface area contributed by atoms with Crippen LogP contribution >= 0.6 is 0 Å². The fourth-order valence-electron chi connectivity index (χ4n) is 3.80. The van der Waals surface area contributed by atoms with Crippen LogP contribution in [0.4, 0.5) is 5.69 Å². The van der Waals surface area contributed by atoms with Crippen LogP contribution in [0.25, 0.3) is 0 Å². The van der Waals surface area contributed by atoms with Crippen LogP contribution in [0.2, 0.25) is 0 Å². The molecule has 1 aromatic rings. The van der Waals surface area contributed by atoms with E-state index < -0.39 is 0 Å². The van der Waals surface area contributed by atoms with Crippen molar-refractivity contribution >= 4 is 5.69 Å². The maximum atomic E-state index is 5.54. The molecule has 0 radical (unpaired) electrons. The molecule has 0 saturated carbocycles. The minimum atomic E-state index is 0.621. The predicted molar refractivity (Wildman–Crippen MR) is 83.5 cm³/mol. The van der Waals surface area contributed by atoms with Crippen LogP contribution in [-0.4, -0.2) is 31.8 Å². The van der Waals surface area contributed by atoms with E-state index in [2.05, 4.69) is 48.3 Å². The normalized spacial score (nSPS) is 33.0. The average molecular weight is 274 g/mol. The maximum absolute atomic E-state index is 5.54. The number of hydrogen-bond acceptors (Lipinski definition) is 3. The van der Waals surface area contributed by atoms with E-state index in [1.165, 1.54) is 12.1 Å². The van der Waals surface area contributed by atoms with Crippen molar-refractivity contribution in [3.05, 3.63) is 24.3 Å². The van der Waals surface area contributed by atoms with Crippen molar-refractivity contribution < 1.29 is 4.74 Å². The van der Waals surface area contributed by atoms with Crippen molar-refractivity contribution in [2.75, 3.05) is 24.6 Å². The monoisotopic (exact) mass is 274 g/mol. The first-order chi connectivity index (χ1) is 9.70. The zero-order valence-electron chi connectivity index (χ0n) is 12.8. The molecule has 20 heavy (non-hydrogen) atoms. The van der Waals surface area contributed by atoms with Gasteiger partial charge in [0.25, 0.3) is 0 Å². The molecular formula is C17H26N2O. The highest BCUT2D eigenvalue weighted by Crippen LogP contribution is 2.36. The van der Waals surface area contributed by atoms with E-state index in [0.717, 1.165) is 37.3 Å². The number of anilines is 1. The first-order valence-corrected chi connectivity index (χ1v) is 7.93. The molecule has 2 bridgehead atoms. The fourth-order valence-corrected chi connectivity index (χ4v) is 3.80. The lowest BCUT2D eigenvalue weighted by molar-refractivity contribution is 0.231. The minimum absolute atomic E-state index is 0.621. The zero-order valence-corrected chi connectivity index (χ0v) is 12.8. The molecule has 3 saturated heterocycles. The van der Waals surface area contributed by atoms with Gasteiger partial charge in [0.1, 0.15) is 5.75 Å². The van der Waals surface area contributed by atoms with E-state index in [0.29, 0.717) is 12.1 Å². The quantitative estimate of drug-likeness (QED) is 0.917. The summed E-state index contributed by atoms with van der Waals surface area (Å²) in [7, 11) is 0. The molecular weight excluding hydrogens is 248 g/mol. The van der Waals surface area contributed by atoms with Gasteiger partial charge < -0.3 is 15.0 Å². The fraction of sp³-hybridized carbons (Fsp3) is 0.647. The van der Waals surface area contributed by atoms with E-state index in [-0.39, 0.29) is 0 Å². The van der Waals surface area contributed by atoms with Crippen molar-refractivity contribution in [3.8, 4) is 5.75 Å². The Balaban J connectivity index is 1.83. The molecule has 0 amide bonds. The Morgan fingerprint density at radius 2 is 1.95 bits per heavy atom. The molecule has 0 aliphatic carbocycles. The van der Waals surface area contributed by atoms with Crippen molar-refractivity contribution in [3.63, 3.8) is 0 Å². The van der Waals surface area contributed by atoms with E-state index in [1.54, 1.807) is 0 Å². The highest BCUT2D eigenvalue weighted by Gasteiger charge is 2.40. The summed E-state index contributed by atoms with van der Waals surface area (Å²) in [6.07, 6.45) is 1.25. The van der Waals surface area contributed by atoms with Gasteiger partial charge in [-0.25, -0.2) is 0 Å². The molecule has 3 nitrogen and oxygen atoms in total. The predicted octanol–water partition coefficient (Wildman–Crippen LogP) is 2.91. The Labute approximate surface area is 122 Å². The van der Waals surface area contributed by atoms with Crippen molar-refractivity contribution in [2.45, 2.75) is 39.3 Å². The Morgan fingerprint density at radius 3 is 2.65 bits per heavy atom. The van der Waals surface area contributed by atoms with Crippen LogP contribution in [-0.2, 0) is 0 Å². The molecule has 4 atom stereocenters. The molecule has 3 heterocycles. The van der Waals surface area contributed by atoms with Gasteiger partial charge in [-0.05, 0) is 56.0 Å². The first-order valence-electron chi connectivity index (χ1n) is 7.93. The van der Waals surface area contributed by atoms with Crippen molar-refractivity contribution in [1.29, 1.82) is 0 Å². The second-order valence-electron chi connectivity index (χ2n) is 6.21. The third-order valence-corrected chi connectivity index (χ3v) is 5.19. The number of fused-ring (bicyclic) bond motifs is 4. The lowest BCUT2D eigenvalue weighted by atomic mass is 9.79. The van der Waals surface area contributed by atoms with E-state index in [1.807, 2.05) is 6.92 Å². The second kappa shape index (κ2) is 5.65. The van der Waals surface area contributed by atoms with Gasteiger partial charge >= 0.3 is 0 Å². The SMILES string of the molecule is CCOc1ccc(N2C[C@H]3NCCC2[C@@H](C)C3C)cc1. The largest absolute Gasteiger partial charge is 0.494 e. The smallest absolute Gasteiger partial charge is 0.119 e. The molecule has 2 unspecified atom stereocenters. The van der Waals surface area contributed by atoms with Crippen molar-refractivity contribution in [2.24, 2.45) is 11.8 Å². The van der Waals surface area contributed by atoms with Gasteiger partial charge in [0.15, 0.2) is 0 Å². The molecule has 3 aliphatic heterocycles. The van der Waals surface area contributed by atoms with Crippen molar-refractivity contribution in [1.82, 2.24) is 5.32 Å². The zero-order chi connectivity index (χ0) is 14.1. The van der Waals surface area contributed by atoms with Gasteiger partial charge in [-0.1, -0.05) is 13.8 Å². The van der Waals surface area contributed by atoms with E-state index in [9.17, 15) is 0 Å². The maximum Gasteiger partial charge on any atom is 0.119 e. The Hall–Kier alpha value is -1.22. The van der Waals surface area contributed by atoms with Crippen LogP contribution in [0.5, 0.6) is 5.75 Å². The second-order valence-corrected chi connectivity index (χ2v) is 6.21. The number of benzene rings is 1. The molecule has 0 spiro atoms. The van der Waals surface area contributed by atoms with Gasteiger partial charge in [0.2, 0.25) is 0 Å². The minimum Gasteiger partial charge on any atom is -0.494 e. The Kier molecular flexibility index (Phi) is 3.88. The molecule has 4 rings (SSSR count). The summed E-state index contributed by atoms with van der Waals surface area (Å²) in [6, 6.07) is 9.90. The molecule has 3 fully saturated rings. The number of piperidine rings is 1. The summed E-state index contributed by atoms with van der Waals surface area (Å²) in [5.41, 5.74) is 1.34. The summed E-state index contributed by atoms with van der Waals surface area (Å²) >= 11 is 0. The highest BCUT2D eigenvalue weighted by molar-refractivity contribution is 5.51. The van der Waals surface area contributed by atoms with Gasteiger partial charge in [-0.15, -0.1) is 0 Å². The Bertz CT molecular complexity index is 443. The van der Waals surface area contributed by atoms with Crippen LogP contribution in [0.3, 0.4) is 0 Å². The van der Waals surface area contributed by atoms with Crippen LogP contribution in [0.15, 0.2) is 24.3 Å². The van der Waals surface area contributed by atoms with E-state index in [4.69, 9.17) is 4.74 Å². The lowest BCUT2D eigenvalue weighted by Gasteiger charge is -2.46. The van der Waals surface area contributed by atoms with Gasteiger partial charge in [-0.3, -0.25) is 0 Å². The molecule has 3 aliphatic rings. The molecule has 1 N–H and O–H groups in total. The lowest BCUT2D eigenvalue weighted by Crippen LogP contribution is -2.54. The Morgan fingerprint density at radius 1 is 1.20 bits per heavy atom. The molecule has 0 aromatic heterocycles. The molecule has 1 aromatic carbocycles. The molecule has 110 valence electrons. The third-order valence-electron chi connectivity index (χ3n) is 5.19. The number of ether oxygens (including phenoxy) is 1. The van der Waals surface area contributed by atoms with Crippen LogP contribution < -0.4 is 15.0 Å². The first kappa shape index (κ1) is 13.7. The van der Waals surface area contributed by atoms with Gasteiger partial charge in [0, 0.05) is 24.3 Å². The highest BCUT2D eigenvalue weighted by atomic mass is 16.5. The van der Waals surface area contributed by atoms with Crippen LogP contribution in [0, 0.1) is 11.8 Å². The summed E-state index contributed by atoms with van der Waals surface area (Å²) in [5.74, 6) is 2.48. The number of hydrogen-bond donors (Lipinski definition) is 1. The number of rotatable bonds is 3. The van der Waals surface area contributed by atoms with Crippen LogP contribution in [0.1, 0.15) is 27.2 Å². The summed E-state index contributed by atoms with van der Waals surface area (Å²) in [4.78, 5) is 2.60. The summed E-state index contributed by atoms with van der Waals surface area (Å²) in [5, 5.41) is 3.72. The average Bonchev–Trinajstić information content (AvgIpc) is 2.75. The van der Waals surface area contributed by atoms with E-state index >= 15 is 0 Å². The topological polar surface area (TPSA) is 24.5 Å². The molecule has 3 heteroatoms. The summed E-state index contributed by atoms with van der Waals surface area (Å²) in [6.45, 7) is 9.84. The number of nitrogens with zero attached hydrogens (tertiary/aromatic N) is 1. The van der Waals surface area contributed by atoms with Gasteiger partial charge in [0.05, 0.1) is 6.61 Å². The summed E-state index contributed by atoms with van der Waals surface area (Å²) < 4.78 is 5.54. The standard InChI is InChI=1S/C17H26N2O/c1-4-20-15-7-5-14(6-8-15)19-11-16-12(2)13(3)17(19)9-10-18-16/h5-8,12-13,16-18H,4,9-11H2,1-3H3/t12?,13-,16+,17?/m0/s1. The number of nitrogens with one attached hydrogen (secondary N) is 1.